The summed E-state index contributed by atoms with van der Waals surface area (Å²) >= 11 is 0. The summed E-state index contributed by atoms with van der Waals surface area (Å²) in [6.07, 6.45) is 6.60. The number of anilines is 1. The van der Waals surface area contributed by atoms with Crippen molar-refractivity contribution in [2.45, 2.75) is 12.5 Å². The molecule has 0 aliphatic rings. The van der Waals surface area contributed by atoms with E-state index < -0.39 is 30.4 Å². The molecule has 1 aromatic carbocycles. The van der Waals surface area contributed by atoms with Crippen molar-refractivity contribution in [3.05, 3.63) is 29.8 Å². The molecule has 1 rings (SSSR count). The highest BCUT2D eigenvalue weighted by molar-refractivity contribution is 5.99. The first-order chi connectivity index (χ1) is 12.9. The Labute approximate surface area is 155 Å². The lowest BCUT2D eigenvalue weighted by Crippen LogP contribution is -2.45. The summed E-state index contributed by atoms with van der Waals surface area (Å²) < 4.78 is 0. The number of aliphatic imine (C=N–C) groups is 1. The predicted octanol–water partition coefficient (Wildman–Crippen LogP) is -0.523. The normalized spacial score (nSPS) is 11.3. The van der Waals surface area contributed by atoms with Gasteiger partial charge in [-0.05, 0) is 18.2 Å². The van der Waals surface area contributed by atoms with Crippen LogP contribution in [0.3, 0.4) is 0 Å². The molecule has 140 valence electrons. The molecule has 10 heteroatoms. The van der Waals surface area contributed by atoms with E-state index in [2.05, 4.69) is 32.2 Å². The number of carboxylic acids is 1. The Morgan fingerprint density at radius 3 is 2.70 bits per heavy atom. The van der Waals surface area contributed by atoms with Gasteiger partial charge in [-0.3, -0.25) is 19.9 Å². The van der Waals surface area contributed by atoms with Gasteiger partial charge in [-0.2, -0.15) is 5.26 Å². The van der Waals surface area contributed by atoms with Gasteiger partial charge in [0.2, 0.25) is 11.9 Å². The van der Waals surface area contributed by atoms with E-state index in [0.29, 0.717) is 5.69 Å². The fourth-order valence-corrected chi connectivity index (χ4v) is 1.90. The van der Waals surface area contributed by atoms with E-state index in [-0.39, 0.29) is 17.9 Å². The number of hydrogen-bond acceptors (Lipinski definition) is 5. The monoisotopic (exact) mass is 370 g/mol. The van der Waals surface area contributed by atoms with Crippen LogP contribution >= 0.6 is 0 Å². The zero-order valence-electron chi connectivity index (χ0n) is 14.4. The van der Waals surface area contributed by atoms with Crippen LogP contribution in [0.2, 0.25) is 0 Å². The summed E-state index contributed by atoms with van der Waals surface area (Å²) in [6.45, 7) is -0.414. The number of nitrogens with zero attached hydrogens (tertiary/aromatic N) is 2. The third-order valence-corrected chi connectivity index (χ3v) is 3.15. The van der Waals surface area contributed by atoms with Gasteiger partial charge < -0.3 is 21.1 Å². The van der Waals surface area contributed by atoms with Crippen molar-refractivity contribution in [2.75, 3.05) is 18.9 Å². The van der Waals surface area contributed by atoms with Crippen LogP contribution in [0.15, 0.2) is 29.3 Å². The number of carbonyl (C=O) groups excluding carboxylic acids is 2. The fraction of sp³-hybridized carbons (Fsp3) is 0.235. The zero-order valence-corrected chi connectivity index (χ0v) is 14.4. The molecular weight excluding hydrogens is 352 g/mol. The number of nitriles is 1. The SMILES string of the molecule is C#CCC(NC(=O)CNC(=O)c1cccc(NC(=NC)NC#N)c1)C(=O)O. The number of benzene rings is 1. The molecule has 2 amide bonds. The van der Waals surface area contributed by atoms with Crippen LogP contribution in [-0.4, -0.2) is 48.5 Å². The quantitative estimate of drug-likeness (QED) is 0.142. The number of amides is 2. The van der Waals surface area contributed by atoms with Gasteiger partial charge in [0.1, 0.15) is 6.04 Å². The molecule has 0 bridgehead atoms. The molecule has 0 heterocycles. The average molecular weight is 370 g/mol. The van der Waals surface area contributed by atoms with Crippen molar-refractivity contribution >= 4 is 29.4 Å². The number of aliphatic carboxylic acids is 1. The summed E-state index contributed by atoms with van der Waals surface area (Å²) in [6, 6.07) is 5.06. The summed E-state index contributed by atoms with van der Waals surface area (Å²) in [4.78, 5) is 38.7. The molecule has 0 spiro atoms. The van der Waals surface area contributed by atoms with Crippen molar-refractivity contribution in [2.24, 2.45) is 4.99 Å². The number of carbonyl (C=O) groups is 3. The molecule has 5 N–H and O–H groups in total. The van der Waals surface area contributed by atoms with Gasteiger partial charge in [0, 0.05) is 24.7 Å². The largest absolute Gasteiger partial charge is 0.480 e. The van der Waals surface area contributed by atoms with Gasteiger partial charge in [-0.1, -0.05) is 6.07 Å². The Morgan fingerprint density at radius 1 is 1.37 bits per heavy atom. The van der Waals surface area contributed by atoms with Crippen molar-refractivity contribution < 1.29 is 19.5 Å². The topological polar surface area (TPSA) is 156 Å². The molecule has 1 atom stereocenters. The number of guanidine groups is 1. The lowest BCUT2D eigenvalue weighted by atomic mass is 10.2. The van der Waals surface area contributed by atoms with Crippen LogP contribution in [-0.2, 0) is 9.59 Å². The lowest BCUT2D eigenvalue weighted by molar-refractivity contribution is -0.141. The molecule has 0 aliphatic heterocycles. The van der Waals surface area contributed by atoms with E-state index in [4.69, 9.17) is 16.8 Å². The Morgan fingerprint density at radius 2 is 2.11 bits per heavy atom. The Hall–Kier alpha value is -4.05. The van der Waals surface area contributed by atoms with Crippen molar-refractivity contribution in [3.8, 4) is 18.5 Å². The maximum absolute atomic E-state index is 12.2. The number of carboxylic acid groups (broad SMARTS) is 1. The minimum absolute atomic E-state index is 0.166. The van der Waals surface area contributed by atoms with Crippen LogP contribution in [0.4, 0.5) is 5.69 Å². The molecule has 0 radical (unpaired) electrons. The molecule has 0 aliphatic carbocycles. The molecule has 0 fully saturated rings. The third-order valence-electron chi connectivity index (χ3n) is 3.15. The highest BCUT2D eigenvalue weighted by Crippen LogP contribution is 2.10. The molecule has 27 heavy (non-hydrogen) atoms. The average Bonchev–Trinajstić information content (AvgIpc) is 2.65. The second-order valence-corrected chi connectivity index (χ2v) is 5.06. The van der Waals surface area contributed by atoms with Gasteiger partial charge in [0.15, 0.2) is 6.19 Å². The number of nitrogens with one attached hydrogen (secondary N) is 4. The second-order valence-electron chi connectivity index (χ2n) is 5.06. The van der Waals surface area contributed by atoms with Crippen molar-refractivity contribution in [1.29, 1.82) is 5.26 Å². The summed E-state index contributed by atoms with van der Waals surface area (Å²) in [7, 11) is 1.48. The first-order valence-electron chi connectivity index (χ1n) is 7.64. The zero-order chi connectivity index (χ0) is 20.2. The minimum Gasteiger partial charge on any atom is -0.480 e. The number of terminal acetylenes is 1. The standard InChI is InChI=1S/C17H18N6O4/c1-3-5-13(16(26)27)23-14(24)9-20-15(25)11-6-4-7-12(8-11)22-17(19-2)21-10-18/h1,4,6-8,13H,5,9H2,2H3,(H,20,25)(H,23,24)(H,26,27)(H2,19,21,22). The smallest absolute Gasteiger partial charge is 0.327 e. The van der Waals surface area contributed by atoms with Gasteiger partial charge in [-0.25, -0.2) is 4.79 Å². The van der Waals surface area contributed by atoms with Crippen LogP contribution in [0.5, 0.6) is 0 Å². The number of hydrogen-bond donors (Lipinski definition) is 5. The molecule has 0 saturated heterocycles. The maximum Gasteiger partial charge on any atom is 0.327 e. The maximum atomic E-state index is 12.2. The van der Waals surface area contributed by atoms with E-state index in [1.54, 1.807) is 18.3 Å². The van der Waals surface area contributed by atoms with E-state index >= 15 is 0 Å². The van der Waals surface area contributed by atoms with Gasteiger partial charge in [0.05, 0.1) is 6.54 Å². The lowest BCUT2D eigenvalue weighted by Gasteiger charge is -2.12. The fourth-order valence-electron chi connectivity index (χ4n) is 1.90. The predicted molar refractivity (Wildman–Crippen MR) is 97.5 cm³/mol. The second kappa shape index (κ2) is 10.7. The molecule has 0 aromatic heterocycles. The van der Waals surface area contributed by atoms with Crippen LogP contribution in [0.1, 0.15) is 16.8 Å². The molecule has 0 saturated carbocycles. The first-order valence-corrected chi connectivity index (χ1v) is 7.64. The molecule has 1 unspecified atom stereocenters. The first kappa shape index (κ1) is 21.0. The third kappa shape index (κ3) is 7.15. The molecular formula is C17H18N6O4. The minimum atomic E-state index is -1.26. The Balaban J connectivity index is 2.66. The number of rotatable bonds is 7. The Kier molecular flexibility index (Phi) is 8.35. The van der Waals surface area contributed by atoms with E-state index in [1.165, 1.54) is 19.2 Å². The van der Waals surface area contributed by atoms with Gasteiger partial charge in [-0.15, -0.1) is 12.3 Å². The highest BCUT2D eigenvalue weighted by atomic mass is 16.4. The van der Waals surface area contributed by atoms with Crippen LogP contribution in [0.25, 0.3) is 0 Å². The van der Waals surface area contributed by atoms with Crippen LogP contribution < -0.4 is 21.3 Å². The summed E-state index contributed by atoms with van der Waals surface area (Å²) in [5.41, 5.74) is 0.744. The molecule has 10 nitrogen and oxygen atoms in total. The van der Waals surface area contributed by atoms with E-state index in [0.717, 1.165) is 0 Å². The van der Waals surface area contributed by atoms with Gasteiger partial charge in [0.25, 0.3) is 5.91 Å². The van der Waals surface area contributed by atoms with Crippen LogP contribution in [0, 0.1) is 23.8 Å². The van der Waals surface area contributed by atoms with Crippen molar-refractivity contribution in [1.82, 2.24) is 16.0 Å². The molecule has 1 aromatic rings. The van der Waals surface area contributed by atoms with E-state index in [9.17, 15) is 14.4 Å². The highest BCUT2D eigenvalue weighted by Gasteiger charge is 2.19. The van der Waals surface area contributed by atoms with E-state index in [1.807, 2.05) is 0 Å². The van der Waals surface area contributed by atoms with Gasteiger partial charge >= 0.3 is 5.97 Å². The summed E-state index contributed by atoms with van der Waals surface area (Å²) in [5.74, 6) is -0.128. The Bertz CT molecular complexity index is 821. The summed E-state index contributed by atoms with van der Waals surface area (Å²) in [5, 5.41) is 27.3. The van der Waals surface area contributed by atoms with Crippen molar-refractivity contribution in [3.63, 3.8) is 0 Å².